The highest BCUT2D eigenvalue weighted by Crippen LogP contribution is 2.34. The Morgan fingerprint density at radius 1 is 0.872 bits per heavy atom. The van der Waals surface area contributed by atoms with Crippen LogP contribution in [0.3, 0.4) is 0 Å². The van der Waals surface area contributed by atoms with Gasteiger partial charge in [-0.3, -0.25) is 9.59 Å². The van der Waals surface area contributed by atoms with Crippen molar-refractivity contribution >= 4 is 46.1 Å². The van der Waals surface area contributed by atoms with Crippen LogP contribution in [0, 0.1) is 0 Å². The van der Waals surface area contributed by atoms with Gasteiger partial charge in [-0.05, 0) is 67.3 Å². The summed E-state index contributed by atoms with van der Waals surface area (Å²) in [6, 6.07) is 14.1. The maximum Gasteiger partial charge on any atom is 0.412 e. The van der Waals surface area contributed by atoms with Gasteiger partial charge in [0.05, 0.1) is 22.4 Å². The maximum atomic E-state index is 13.8. The fourth-order valence-corrected chi connectivity index (χ4v) is 4.29. The minimum atomic E-state index is -4.74. The van der Waals surface area contributed by atoms with Crippen molar-refractivity contribution in [3.8, 4) is 11.3 Å². The highest BCUT2D eigenvalue weighted by atomic mass is 35.5. The summed E-state index contributed by atoms with van der Waals surface area (Å²) in [6.07, 6.45) is -3.35. The number of unbranched alkanes of at least 4 members (excludes halogenated alkanes) is 1. The first-order chi connectivity index (χ1) is 18.5. The molecule has 1 atom stereocenters. The van der Waals surface area contributed by atoms with Gasteiger partial charge in [0.25, 0.3) is 5.91 Å². The molecule has 39 heavy (non-hydrogen) atoms. The van der Waals surface area contributed by atoms with Gasteiger partial charge >= 0.3 is 12.1 Å². The van der Waals surface area contributed by atoms with Crippen LogP contribution in [-0.2, 0) is 11.2 Å². The zero-order chi connectivity index (χ0) is 28.2. The third-order valence-electron chi connectivity index (χ3n) is 5.98. The van der Waals surface area contributed by atoms with Gasteiger partial charge in [-0.25, -0.2) is 9.97 Å². The molecule has 4 aromatic rings. The number of hydrogen-bond acceptors (Lipinski definition) is 4. The summed E-state index contributed by atoms with van der Waals surface area (Å²) < 4.78 is 41.4. The standard InChI is InChI=1S/C28H22Cl2F3N3O3/c29-19-10-5-16(6-11-19)25-22(3-1-2-4-24(37)38)34-23-15-18(9-14-21(23)35-25)27(39)36-26(28(31,32)33)17-7-12-20(30)13-8-17/h5-15,26H,1-4H2,(H,36,39)(H,37,38). The van der Waals surface area contributed by atoms with Crippen molar-refractivity contribution in [1.29, 1.82) is 0 Å². The molecule has 4 rings (SSSR count). The van der Waals surface area contributed by atoms with Gasteiger partial charge in [0.15, 0.2) is 6.04 Å². The van der Waals surface area contributed by atoms with Gasteiger partial charge in [-0.2, -0.15) is 13.2 Å². The Bertz CT molecular complexity index is 1490. The molecule has 3 aromatic carbocycles. The number of alkyl halides is 3. The minimum absolute atomic E-state index is 0.00952. The molecule has 1 heterocycles. The second-order valence-electron chi connectivity index (χ2n) is 8.83. The molecule has 0 aliphatic rings. The molecule has 0 saturated heterocycles. The van der Waals surface area contributed by atoms with Crippen molar-refractivity contribution in [2.75, 3.05) is 0 Å². The van der Waals surface area contributed by atoms with Gasteiger partial charge in [-0.15, -0.1) is 0 Å². The van der Waals surface area contributed by atoms with E-state index in [1.165, 1.54) is 42.5 Å². The number of carbonyl (C=O) groups excluding carboxylic acids is 1. The zero-order valence-electron chi connectivity index (χ0n) is 20.3. The number of aryl methyl sites for hydroxylation is 1. The summed E-state index contributed by atoms with van der Waals surface area (Å²) in [5.41, 5.74) is 2.49. The normalized spacial score (nSPS) is 12.3. The molecule has 0 spiro atoms. The molecule has 2 N–H and O–H groups in total. The molecule has 1 amide bonds. The zero-order valence-corrected chi connectivity index (χ0v) is 21.8. The molecule has 6 nitrogen and oxygen atoms in total. The number of fused-ring (bicyclic) bond motifs is 1. The predicted octanol–water partition coefficient (Wildman–Crippen LogP) is 7.43. The lowest BCUT2D eigenvalue weighted by Crippen LogP contribution is -2.38. The number of carboxylic acid groups (broad SMARTS) is 1. The molecule has 0 aliphatic heterocycles. The number of nitrogens with zero attached hydrogens (tertiary/aromatic N) is 2. The molecular weight excluding hydrogens is 554 g/mol. The lowest BCUT2D eigenvalue weighted by molar-refractivity contribution is -0.155. The van der Waals surface area contributed by atoms with E-state index in [0.29, 0.717) is 46.7 Å². The van der Waals surface area contributed by atoms with Gasteiger partial charge in [0.1, 0.15) is 0 Å². The Labute approximate surface area is 231 Å². The molecule has 11 heteroatoms. The first-order valence-corrected chi connectivity index (χ1v) is 12.7. The Hall–Kier alpha value is -3.69. The highest BCUT2D eigenvalue weighted by Gasteiger charge is 2.42. The Balaban J connectivity index is 1.66. The number of hydrogen-bond donors (Lipinski definition) is 2. The lowest BCUT2D eigenvalue weighted by atomic mass is 10.0. The summed E-state index contributed by atoms with van der Waals surface area (Å²) in [6.45, 7) is 0. The van der Waals surface area contributed by atoms with Crippen LogP contribution in [0.5, 0.6) is 0 Å². The predicted molar refractivity (Wildman–Crippen MR) is 143 cm³/mol. The van der Waals surface area contributed by atoms with E-state index >= 15 is 0 Å². The van der Waals surface area contributed by atoms with Crippen LogP contribution < -0.4 is 5.32 Å². The molecule has 1 unspecified atom stereocenters. The van der Waals surface area contributed by atoms with Crippen LogP contribution >= 0.6 is 23.2 Å². The number of nitrogens with one attached hydrogen (secondary N) is 1. The molecule has 0 bridgehead atoms. The van der Waals surface area contributed by atoms with Crippen LogP contribution in [0.2, 0.25) is 10.0 Å². The van der Waals surface area contributed by atoms with Gasteiger partial charge in [0, 0.05) is 27.6 Å². The second-order valence-corrected chi connectivity index (χ2v) is 9.70. The number of aliphatic carboxylic acids is 1. The van der Waals surface area contributed by atoms with E-state index in [-0.39, 0.29) is 22.6 Å². The van der Waals surface area contributed by atoms with Crippen LogP contribution in [0.15, 0.2) is 66.7 Å². The smallest absolute Gasteiger partial charge is 0.412 e. The number of halogens is 5. The number of carboxylic acids is 1. The summed E-state index contributed by atoms with van der Waals surface area (Å²) in [7, 11) is 0. The van der Waals surface area contributed by atoms with Gasteiger partial charge in [0.2, 0.25) is 0 Å². The maximum absolute atomic E-state index is 13.8. The van der Waals surface area contributed by atoms with E-state index in [9.17, 15) is 22.8 Å². The third-order valence-corrected chi connectivity index (χ3v) is 6.48. The molecular formula is C28H22Cl2F3N3O3. The fraction of sp³-hybridized carbons (Fsp3) is 0.214. The average Bonchev–Trinajstić information content (AvgIpc) is 2.89. The molecule has 0 saturated carbocycles. The van der Waals surface area contributed by atoms with E-state index in [4.69, 9.17) is 33.3 Å². The van der Waals surface area contributed by atoms with Gasteiger partial charge < -0.3 is 10.4 Å². The average molecular weight is 576 g/mol. The number of amides is 1. The largest absolute Gasteiger partial charge is 0.481 e. The van der Waals surface area contributed by atoms with Gasteiger partial charge in [-0.1, -0.05) is 47.5 Å². The quantitative estimate of drug-likeness (QED) is 0.202. The van der Waals surface area contributed by atoms with E-state index < -0.39 is 24.1 Å². The number of aromatic nitrogens is 2. The van der Waals surface area contributed by atoms with E-state index in [1.54, 1.807) is 24.3 Å². The number of benzene rings is 3. The SMILES string of the molecule is O=C(O)CCCCc1nc2cc(C(=O)NC(c3ccc(Cl)cc3)C(F)(F)F)ccc2nc1-c1ccc(Cl)cc1. The van der Waals surface area contributed by atoms with E-state index in [2.05, 4.69) is 10.3 Å². The van der Waals surface area contributed by atoms with Crippen molar-refractivity contribution in [3.05, 3.63) is 93.6 Å². The summed E-state index contributed by atoms with van der Waals surface area (Å²) in [5.74, 6) is -1.83. The third kappa shape index (κ3) is 7.25. The topological polar surface area (TPSA) is 92.2 Å². The van der Waals surface area contributed by atoms with Crippen molar-refractivity contribution in [1.82, 2.24) is 15.3 Å². The van der Waals surface area contributed by atoms with Crippen LogP contribution in [-0.4, -0.2) is 33.1 Å². The van der Waals surface area contributed by atoms with Crippen LogP contribution in [0.4, 0.5) is 13.2 Å². The van der Waals surface area contributed by atoms with Crippen LogP contribution in [0.25, 0.3) is 22.3 Å². The molecule has 1 aromatic heterocycles. The Morgan fingerprint density at radius 2 is 1.51 bits per heavy atom. The van der Waals surface area contributed by atoms with Crippen molar-refractivity contribution in [2.24, 2.45) is 0 Å². The van der Waals surface area contributed by atoms with E-state index in [1.807, 2.05) is 0 Å². The first-order valence-electron chi connectivity index (χ1n) is 11.9. The fourth-order valence-electron chi connectivity index (χ4n) is 4.04. The number of rotatable bonds is 9. The number of carbonyl (C=O) groups is 2. The van der Waals surface area contributed by atoms with Crippen molar-refractivity contribution in [3.63, 3.8) is 0 Å². The second kappa shape index (κ2) is 12.0. The molecule has 0 aliphatic carbocycles. The van der Waals surface area contributed by atoms with Crippen molar-refractivity contribution in [2.45, 2.75) is 37.9 Å². The monoisotopic (exact) mass is 575 g/mol. The lowest BCUT2D eigenvalue weighted by Gasteiger charge is -2.22. The summed E-state index contributed by atoms with van der Waals surface area (Å²) in [5, 5.41) is 11.8. The summed E-state index contributed by atoms with van der Waals surface area (Å²) in [4.78, 5) is 33.2. The molecule has 0 fully saturated rings. The summed E-state index contributed by atoms with van der Waals surface area (Å²) >= 11 is 11.8. The Morgan fingerprint density at radius 3 is 2.13 bits per heavy atom. The minimum Gasteiger partial charge on any atom is -0.481 e. The first kappa shape index (κ1) is 28.3. The van der Waals surface area contributed by atoms with E-state index in [0.717, 1.165) is 5.56 Å². The molecule has 202 valence electrons. The Kier molecular flexibility index (Phi) is 8.72. The highest BCUT2D eigenvalue weighted by molar-refractivity contribution is 6.30. The molecule has 0 radical (unpaired) electrons. The van der Waals surface area contributed by atoms with Crippen molar-refractivity contribution < 1.29 is 27.9 Å². The van der Waals surface area contributed by atoms with Crippen LogP contribution in [0.1, 0.15) is 46.9 Å².